The SMILES string of the molecule is C#CC[C@H](NC(=O)[C@@H]1CCCN(C(=O)/C=C(/C)C2CCN(C(=O)OC(C)(C)C)CC2)C1)C(=O)OCC. The number of nitrogens with zero attached hydrogens (tertiary/aromatic N) is 2. The molecule has 3 amide bonds. The van der Waals surface area contributed by atoms with Crippen LogP contribution in [0.4, 0.5) is 4.79 Å². The molecule has 0 spiro atoms. The highest BCUT2D eigenvalue weighted by atomic mass is 16.6. The molecule has 0 aromatic rings. The van der Waals surface area contributed by atoms with Gasteiger partial charge in [0, 0.05) is 38.7 Å². The molecule has 1 N–H and O–H groups in total. The van der Waals surface area contributed by atoms with E-state index in [1.807, 2.05) is 27.7 Å². The number of amides is 3. The highest BCUT2D eigenvalue weighted by Gasteiger charge is 2.32. The van der Waals surface area contributed by atoms with Crippen LogP contribution in [0.5, 0.6) is 0 Å². The molecule has 0 radical (unpaired) electrons. The van der Waals surface area contributed by atoms with Crippen molar-refractivity contribution in [2.24, 2.45) is 11.8 Å². The number of allylic oxidation sites excluding steroid dienone is 1. The fourth-order valence-electron chi connectivity index (χ4n) is 4.48. The maximum Gasteiger partial charge on any atom is 0.410 e. The first-order valence-corrected chi connectivity index (χ1v) is 12.8. The quantitative estimate of drug-likeness (QED) is 0.325. The van der Waals surface area contributed by atoms with Gasteiger partial charge >= 0.3 is 12.1 Å². The lowest BCUT2D eigenvalue weighted by Crippen LogP contribution is -2.49. The van der Waals surface area contributed by atoms with Gasteiger partial charge in [-0.1, -0.05) is 5.57 Å². The van der Waals surface area contributed by atoms with Gasteiger partial charge in [-0.15, -0.1) is 12.3 Å². The van der Waals surface area contributed by atoms with Crippen molar-refractivity contribution in [3.8, 4) is 12.3 Å². The van der Waals surface area contributed by atoms with Crippen molar-refractivity contribution in [2.75, 3.05) is 32.8 Å². The Hall–Kier alpha value is -3.02. The van der Waals surface area contributed by atoms with Crippen molar-refractivity contribution in [3.63, 3.8) is 0 Å². The summed E-state index contributed by atoms with van der Waals surface area (Å²) in [5.74, 6) is 1.23. The average Bonchev–Trinajstić information content (AvgIpc) is 2.83. The number of ether oxygens (including phenoxy) is 2. The van der Waals surface area contributed by atoms with Gasteiger partial charge in [0.1, 0.15) is 11.6 Å². The van der Waals surface area contributed by atoms with Gasteiger partial charge in [0.05, 0.1) is 12.5 Å². The lowest BCUT2D eigenvalue weighted by Gasteiger charge is -2.34. The molecule has 2 fully saturated rings. The second-order valence-corrected chi connectivity index (χ2v) is 10.5. The Morgan fingerprint density at radius 1 is 1.08 bits per heavy atom. The Bertz CT molecular complexity index is 877. The zero-order chi connectivity index (χ0) is 26.9. The summed E-state index contributed by atoms with van der Waals surface area (Å²) in [5, 5.41) is 2.70. The van der Waals surface area contributed by atoms with Crippen molar-refractivity contribution in [1.29, 1.82) is 0 Å². The number of hydrogen-bond acceptors (Lipinski definition) is 6. The molecular formula is C27H41N3O6. The molecule has 0 saturated carbocycles. The predicted octanol–water partition coefficient (Wildman–Crippen LogP) is 2.89. The van der Waals surface area contributed by atoms with Crippen LogP contribution in [0.15, 0.2) is 11.6 Å². The molecule has 2 heterocycles. The minimum absolute atomic E-state index is 0.0502. The minimum atomic E-state index is -0.887. The summed E-state index contributed by atoms with van der Waals surface area (Å²) >= 11 is 0. The lowest BCUT2D eigenvalue weighted by molar-refractivity contribution is -0.148. The topological polar surface area (TPSA) is 105 Å². The van der Waals surface area contributed by atoms with Gasteiger partial charge in [-0.3, -0.25) is 9.59 Å². The summed E-state index contributed by atoms with van der Waals surface area (Å²) in [5.41, 5.74) is 0.451. The first-order valence-electron chi connectivity index (χ1n) is 12.8. The maximum atomic E-state index is 13.0. The molecule has 9 nitrogen and oxygen atoms in total. The van der Waals surface area contributed by atoms with Crippen LogP contribution in [0.3, 0.4) is 0 Å². The largest absolute Gasteiger partial charge is 0.464 e. The number of esters is 1. The van der Waals surface area contributed by atoms with Gasteiger partial charge in [0.15, 0.2) is 0 Å². The Morgan fingerprint density at radius 2 is 1.75 bits per heavy atom. The van der Waals surface area contributed by atoms with E-state index in [1.54, 1.807) is 22.8 Å². The third-order valence-electron chi connectivity index (χ3n) is 6.46. The molecule has 200 valence electrons. The number of rotatable bonds is 7. The number of carbonyl (C=O) groups is 4. The first-order chi connectivity index (χ1) is 16.9. The second-order valence-electron chi connectivity index (χ2n) is 10.5. The zero-order valence-electron chi connectivity index (χ0n) is 22.3. The predicted molar refractivity (Wildman–Crippen MR) is 136 cm³/mol. The van der Waals surface area contributed by atoms with E-state index < -0.39 is 23.5 Å². The smallest absolute Gasteiger partial charge is 0.410 e. The van der Waals surface area contributed by atoms with Gasteiger partial charge in [-0.25, -0.2) is 9.59 Å². The van der Waals surface area contributed by atoms with E-state index in [1.165, 1.54) is 0 Å². The molecule has 0 aromatic carbocycles. The molecule has 2 aliphatic rings. The Labute approximate surface area is 214 Å². The summed E-state index contributed by atoms with van der Waals surface area (Å²) in [6, 6.07) is -0.887. The third kappa shape index (κ3) is 8.89. The van der Waals surface area contributed by atoms with Crippen molar-refractivity contribution >= 4 is 23.9 Å². The van der Waals surface area contributed by atoms with Crippen LogP contribution in [-0.4, -0.2) is 78.1 Å². The number of terminal acetylenes is 1. The Kier molecular flexibility index (Phi) is 10.8. The molecule has 0 aliphatic carbocycles. The van der Waals surface area contributed by atoms with Crippen LogP contribution in [-0.2, 0) is 23.9 Å². The van der Waals surface area contributed by atoms with E-state index in [0.717, 1.165) is 18.4 Å². The van der Waals surface area contributed by atoms with Crippen molar-refractivity contribution < 1.29 is 28.7 Å². The number of carbonyl (C=O) groups excluding carboxylic acids is 4. The van der Waals surface area contributed by atoms with Crippen molar-refractivity contribution in [1.82, 2.24) is 15.1 Å². The molecule has 0 unspecified atom stereocenters. The molecule has 2 aliphatic heterocycles. The number of hydrogen-bond donors (Lipinski definition) is 1. The van der Waals surface area contributed by atoms with Crippen LogP contribution in [0.2, 0.25) is 0 Å². The Morgan fingerprint density at radius 3 is 2.33 bits per heavy atom. The highest BCUT2D eigenvalue weighted by molar-refractivity contribution is 5.90. The molecule has 2 saturated heterocycles. The van der Waals surface area contributed by atoms with Crippen LogP contribution in [0, 0.1) is 24.2 Å². The number of piperidine rings is 2. The monoisotopic (exact) mass is 503 g/mol. The van der Waals surface area contributed by atoms with E-state index in [0.29, 0.717) is 32.5 Å². The van der Waals surface area contributed by atoms with Crippen molar-refractivity contribution in [3.05, 3.63) is 11.6 Å². The van der Waals surface area contributed by atoms with Crippen LogP contribution < -0.4 is 5.32 Å². The fourth-order valence-corrected chi connectivity index (χ4v) is 4.48. The number of nitrogens with one attached hydrogen (secondary N) is 1. The summed E-state index contributed by atoms with van der Waals surface area (Å²) < 4.78 is 10.4. The molecular weight excluding hydrogens is 462 g/mol. The summed E-state index contributed by atoms with van der Waals surface area (Å²) in [6.07, 6.45) is 9.62. The second kappa shape index (κ2) is 13.3. The van der Waals surface area contributed by atoms with Crippen LogP contribution >= 0.6 is 0 Å². The fraction of sp³-hybridized carbons (Fsp3) is 0.704. The van der Waals surface area contributed by atoms with E-state index in [-0.39, 0.29) is 43.4 Å². The summed E-state index contributed by atoms with van der Waals surface area (Å²) in [7, 11) is 0. The molecule has 9 heteroatoms. The summed E-state index contributed by atoms with van der Waals surface area (Å²) in [6.45, 7) is 11.4. The van der Waals surface area contributed by atoms with Gasteiger partial charge in [0.2, 0.25) is 11.8 Å². The molecule has 0 aromatic heterocycles. The van der Waals surface area contributed by atoms with Gasteiger partial charge < -0.3 is 24.6 Å². The highest BCUT2D eigenvalue weighted by Crippen LogP contribution is 2.26. The minimum Gasteiger partial charge on any atom is -0.464 e. The zero-order valence-corrected chi connectivity index (χ0v) is 22.3. The molecule has 0 bridgehead atoms. The normalized spacial score (nSPS) is 20.2. The summed E-state index contributed by atoms with van der Waals surface area (Å²) in [4.78, 5) is 53.6. The van der Waals surface area contributed by atoms with E-state index in [4.69, 9.17) is 15.9 Å². The Balaban J connectivity index is 1.91. The van der Waals surface area contributed by atoms with Crippen molar-refractivity contribution in [2.45, 2.75) is 78.4 Å². The van der Waals surface area contributed by atoms with E-state index in [9.17, 15) is 19.2 Å². The maximum absolute atomic E-state index is 13.0. The number of likely N-dealkylation sites (tertiary alicyclic amines) is 2. The van der Waals surface area contributed by atoms with Gasteiger partial charge in [-0.05, 0) is 66.2 Å². The standard InChI is InChI=1S/C27H41N3O6/c1-7-10-22(25(33)35-8-2)28-24(32)21-11-9-14-30(18-21)23(31)17-19(3)20-12-15-29(16-13-20)26(34)36-27(4,5)6/h1,17,20-22H,8-16,18H2,2-6H3,(H,28,32)/b19-17-/t21-,22+/m1/s1. The molecule has 36 heavy (non-hydrogen) atoms. The first kappa shape index (κ1) is 29.2. The van der Waals surface area contributed by atoms with Crippen LogP contribution in [0.25, 0.3) is 0 Å². The van der Waals surface area contributed by atoms with Gasteiger partial charge in [0.25, 0.3) is 0 Å². The van der Waals surface area contributed by atoms with E-state index >= 15 is 0 Å². The van der Waals surface area contributed by atoms with Gasteiger partial charge in [-0.2, -0.15) is 0 Å². The van der Waals surface area contributed by atoms with Crippen LogP contribution in [0.1, 0.15) is 66.7 Å². The molecule has 2 atom stereocenters. The van der Waals surface area contributed by atoms with E-state index in [2.05, 4.69) is 11.2 Å². The molecule has 2 rings (SSSR count). The average molecular weight is 504 g/mol. The lowest BCUT2D eigenvalue weighted by atomic mass is 9.89. The third-order valence-corrected chi connectivity index (χ3v) is 6.46.